The molecule has 2 atom stereocenters. The van der Waals surface area contributed by atoms with Crippen molar-refractivity contribution in [3.63, 3.8) is 0 Å². The van der Waals surface area contributed by atoms with Crippen molar-refractivity contribution in [2.45, 2.75) is 43.9 Å². The van der Waals surface area contributed by atoms with Crippen LogP contribution in [0.1, 0.15) is 37.3 Å². The van der Waals surface area contributed by atoms with Gasteiger partial charge >= 0.3 is 0 Å². The van der Waals surface area contributed by atoms with Gasteiger partial charge in [-0.2, -0.15) is 0 Å². The zero-order chi connectivity index (χ0) is 19.3. The standard InChI is InChI=1S/C22H25N3O3/c26-21(19-7-4-14-28-19)24-17-10-8-16(9-11-17)23-20(15-5-2-1-3-6-15)22(27)25-18-12-13-18/h1-3,5-6,8-11,18-20,23H,4,7,12-14H2,(H,24,26)(H,25,27)/t19-,20+/m0/s1. The number of amides is 2. The molecule has 2 amide bonds. The van der Waals surface area contributed by atoms with E-state index in [1.807, 2.05) is 54.6 Å². The van der Waals surface area contributed by atoms with Crippen LogP contribution < -0.4 is 16.0 Å². The predicted octanol–water partition coefficient (Wildman–Crippen LogP) is 3.24. The molecule has 1 heterocycles. The quantitative estimate of drug-likeness (QED) is 0.690. The fourth-order valence-electron chi connectivity index (χ4n) is 3.28. The van der Waals surface area contributed by atoms with Crippen molar-refractivity contribution in [2.24, 2.45) is 0 Å². The Morgan fingerprint density at radius 2 is 1.64 bits per heavy atom. The van der Waals surface area contributed by atoms with Crippen molar-refractivity contribution in [1.82, 2.24) is 5.32 Å². The molecule has 4 rings (SSSR count). The first kappa shape index (κ1) is 18.5. The number of benzene rings is 2. The van der Waals surface area contributed by atoms with Crippen LogP contribution >= 0.6 is 0 Å². The third kappa shape index (κ3) is 4.70. The Hall–Kier alpha value is -2.86. The normalized spacial score (nSPS) is 19.6. The maximum Gasteiger partial charge on any atom is 0.253 e. The van der Waals surface area contributed by atoms with E-state index in [2.05, 4.69) is 16.0 Å². The molecule has 2 aliphatic rings. The lowest BCUT2D eigenvalue weighted by atomic mass is 10.1. The van der Waals surface area contributed by atoms with Crippen LogP contribution in [0.3, 0.4) is 0 Å². The van der Waals surface area contributed by atoms with Gasteiger partial charge in [0.05, 0.1) is 0 Å². The molecule has 1 aliphatic heterocycles. The van der Waals surface area contributed by atoms with Gasteiger partial charge in [0.15, 0.2) is 0 Å². The number of carbonyl (C=O) groups is 2. The van der Waals surface area contributed by atoms with Gasteiger partial charge in [0.25, 0.3) is 5.91 Å². The fraction of sp³-hybridized carbons (Fsp3) is 0.364. The van der Waals surface area contributed by atoms with Crippen LogP contribution in [0.15, 0.2) is 54.6 Å². The van der Waals surface area contributed by atoms with E-state index < -0.39 is 6.04 Å². The summed E-state index contributed by atoms with van der Waals surface area (Å²) in [4.78, 5) is 24.9. The molecule has 1 saturated heterocycles. The zero-order valence-electron chi connectivity index (χ0n) is 15.7. The van der Waals surface area contributed by atoms with Gasteiger partial charge in [-0.05, 0) is 55.5 Å². The van der Waals surface area contributed by atoms with Crippen molar-refractivity contribution in [3.05, 3.63) is 60.2 Å². The van der Waals surface area contributed by atoms with Crippen LogP contribution in [0, 0.1) is 0 Å². The highest BCUT2D eigenvalue weighted by Crippen LogP contribution is 2.25. The van der Waals surface area contributed by atoms with Crippen LogP contribution in [0.5, 0.6) is 0 Å². The lowest BCUT2D eigenvalue weighted by Gasteiger charge is -2.20. The lowest BCUT2D eigenvalue weighted by molar-refractivity contribution is -0.124. The molecule has 1 aliphatic carbocycles. The van der Waals surface area contributed by atoms with E-state index in [0.717, 1.165) is 36.9 Å². The number of carbonyl (C=O) groups excluding carboxylic acids is 2. The van der Waals surface area contributed by atoms with Gasteiger partial charge in [-0.3, -0.25) is 9.59 Å². The summed E-state index contributed by atoms with van der Waals surface area (Å²) in [6.07, 6.45) is 3.43. The molecular formula is C22H25N3O3. The highest BCUT2D eigenvalue weighted by Gasteiger charge is 2.28. The molecule has 0 bridgehead atoms. The molecule has 0 spiro atoms. The van der Waals surface area contributed by atoms with Crippen LogP contribution in [0.2, 0.25) is 0 Å². The van der Waals surface area contributed by atoms with Crippen molar-refractivity contribution in [1.29, 1.82) is 0 Å². The summed E-state index contributed by atoms with van der Waals surface area (Å²) in [5.74, 6) is -0.131. The van der Waals surface area contributed by atoms with Crippen molar-refractivity contribution < 1.29 is 14.3 Å². The highest BCUT2D eigenvalue weighted by molar-refractivity contribution is 5.94. The Labute approximate surface area is 164 Å². The molecule has 2 fully saturated rings. The van der Waals surface area contributed by atoms with Crippen LogP contribution in [-0.4, -0.2) is 30.6 Å². The van der Waals surface area contributed by atoms with E-state index in [1.54, 1.807) is 0 Å². The Balaban J connectivity index is 1.42. The molecule has 0 aromatic heterocycles. The van der Waals surface area contributed by atoms with E-state index in [1.165, 1.54) is 0 Å². The van der Waals surface area contributed by atoms with Gasteiger partial charge in [0.1, 0.15) is 12.1 Å². The first-order chi connectivity index (χ1) is 13.7. The Bertz CT molecular complexity index is 813. The molecule has 1 saturated carbocycles. The molecular weight excluding hydrogens is 354 g/mol. The maximum atomic E-state index is 12.7. The Morgan fingerprint density at radius 1 is 0.929 bits per heavy atom. The average Bonchev–Trinajstić information content (AvgIpc) is 3.35. The first-order valence-corrected chi connectivity index (χ1v) is 9.83. The molecule has 0 unspecified atom stereocenters. The van der Waals surface area contributed by atoms with E-state index in [-0.39, 0.29) is 17.9 Å². The van der Waals surface area contributed by atoms with E-state index in [0.29, 0.717) is 18.3 Å². The van der Waals surface area contributed by atoms with Crippen LogP contribution in [0.4, 0.5) is 11.4 Å². The predicted molar refractivity (Wildman–Crippen MR) is 108 cm³/mol. The van der Waals surface area contributed by atoms with Gasteiger partial charge in [-0.1, -0.05) is 30.3 Å². The molecule has 0 radical (unpaired) electrons. The summed E-state index contributed by atoms with van der Waals surface area (Å²) in [6, 6.07) is 16.9. The second-order valence-corrected chi connectivity index (χ2v) is 7.34. The molecule has 2 aromatic carbocycles. The average molecular weight is 379 g/mol. The monoisotopic (exact) mass is 379 g/mol. The minimum atomic E-state index is -0.464. The lowest BCUT2D eigenvalue weighted by Crippen LogP contribution is -2.34. The summed E-state index contributed by atoms with van der Waals surface area (Å²) in [5.41, 5.74) is 2.44. The van der Waals surface area contributed by atoms with E-state index >= 15 is 0 Å². The number of nitrogens with one attached hydrogen (secondary N) is 3. The second kappa shape index (κ2) is 8.44. The minimum Gasteiger partial charge on any atom is -0.370 e. The first-order valence-electron chi connectivity index (χ1n) is 9.83. The van der Waals surface area contributed by atoms with Gasteiger partial charge in [0.2, 0.25) is 5.91 Å². The number of anilines is 2. The van der Waals surface area contributed by atoms with Crippen molar-refractivity contribution >= 4 is 23.2 Å². The summed E-state index contributed by atoms with van der Waals surface area (Å²) in [7, 11) is 0. The SMILES string of the molecule is O=C(Nc1ccc(N[C@@H](C(=O)NC2CC2)c2ccccc2)cc1)[C@@H]1CCCO1. The van der Waals surface area contributed by atoms with Gasteiger partial charge in [-0.25, -0.2) is 0 Å². The van der Waals surface area contributed by atoms with Crippen molar-refractivity contribution in [3.8, 4) is 0 Å². The van der Waals surface area contributed by atoms with Gasteiger partial charge in [-0.15, -0.1) is 0 Å². The third-order valence-corrected chi connectivity index (χ3v) is 5.00. The summed E-state index contributed by atoms with van der Waals surface area (Å²) in [6.45, 7) is 0.644. The minimum absolute atomic E-state index is 0.0236. The number of hydrogen-bond donors (Lipinski definition) is 3. The largest absolute Gasteiger partial charge is 0.370 e. The Morgan fingerprint density at radius 3 is 2.29 bits per heavy atom. The van der Waals surface area contributed by atoms with Gasteiger partial charge in [0, 0.05) is 24.0 Å². The number of hydrogen-bond acceptors (Lipinski definition) is 4. The highest BCUT2D eigenvalue weighted by atomic mass is 16.5. The third-order valence-electron chi connectivity index (χ3n) is 5.00. The molecule has 3 N–H and O–H groups in total. The molecule has 28 heavy (non-hydrogen) atoms. The molecule has 2 aromatic rings. The molecule has 6 heteroatoms. The van der Waals surface area contributed by atoms with Crippen LogP contribution in [-0.2, 0) is 14.3 Å². The van der Waals surface area contributed by atoms with Gasteiger partial charge < -0.3 is 20.7 Å². The zero-order valence-corrected chi connectivity index (χ0v) is 15.7. The van der Waals surface area contributed by atoms with E-state index in [9.17, 15) is 9.59 Å². The Kier molecular flexibility index (Phi) is 5.58. The topological polar surface area (TPSA) is 79.5 Å². The smallest absolute Gasteiger partial charge is 0.253 e. The molecule has 146 valence electrons. The number of ether oxygens (including phenoxy) is 1. The second-order valence-electron chi connectivity index (χ2n) is 7.34. The van der Waals surface area contributed by atoms with Crippen molar-refractivity contribution in [2.75, 3.05) is 17.2 Å². The van der Waals surface area contributed by atoms with E-state index in [4.69, 9.17) is 4.74 Å². The van der Waals surface area contributed by atoms with Crippen LogP contribution in [0.25, 0.3) is 0 Å². The number of rotatable bonds is 7. The summed E-state index contributed by atoms with van der Waals surface area (Å²) < 4.78 is 5.41. The molecule has 6 nitrogen and oxygen atoms in total. The summed E-state index contributed by atoms with van der Waals surface area (Å²) >= 11 is 0. The maximum absolute atomic E-state index is 12.7. The summed E-state index contributed by atoms with van der Waals surface area (Å²) in [5, 5.41) is 9.27. The fourth-order valence-corrected chi connectivity index (χ4v) is 3.28.